The quantitative estimate of drug-likeness (QED) is 0.330. The van der Waals surface area contributed by atoms with Crippen LogP contribution in [0.3, 0.4) is 0 Å². The summed E-state index contributed by atoms with van der Waals surface area (Å²) in [5, 5.41) is 9.89. The van der Waals surface area contributed by atoms with Crippen LogP contribution < -0.4 is 14.8 Å². The van der Waals surface area contributed by atoms with Crippen LogP contribution in [0.25, 0.3) is 39.4 Å². The first-order valence-corrected chi connectivity index (χ1v) is 12.3. The highest BCUT2D eigenvalue weighted by Gasteiger charge is 2.15. The van der Waals surface area contributed by atoms with Gasteiger partial charge in [0.15, 0.2) is 5.82 Å². The van der Waals surface area contributed by atoms with E-state index in [9.17, 15) is 4.79 Å². The fraction of sp³-hybridized carbons (Fsp3) is 0.0370. The van der Waals surface area contributed by atoms with Crippen molar-refractivity contribution in [3.63, 3.8) is 0 Å². The molecule has 9 heteroatoms. The Hall–Kier alpha value is -4.27. The number of nitrogens with zero attached hydrogens (tertiary/aromatic N) is 5. The van der Waals surface area contributed by atoms with Crippen molar-refractivity contribution in [2.24, 2.45) is 0 Å². The van der Waals surface area contributed by atoms with Gasteiger partial charge in [-0.1, -0.05) is 41.1 Å². The van der Waals surface area contributed by atoms with E-state index in [2.05, 4.69) is 10.1 Å². The van der Waals surface area contributed by atoms with Crippen LogP contribution in [-0.4, -0.2) is 31.5 Å². The standard InChI is InChI=1S/C27H18ClN5O2S/c1-35-22-13-9-17(10-14-22)24-19(16-32(30-24)21-5-3-2-4-6-21)15-23-26(34)33-27(36-23)29-25(31-33)18-7-11-20(28)12-8-18/h2-16H,1H3/b23-15+. The fourth-order valence-corrected chi connectivity index (χ4v) is 4.90. The van der Waals surface area contributed by atoms with Crippen LogP contribution in [-0.2, 0) is 0 Å². The maximum atomic E-state index is 13.2. The van der Waals surface area contributed by atoms with E-state index < -0.39 is 0 Å². The van der Waals surface area contributed by atoms with Gasteiger partial charge in [0.25, 0.3) is 5.56 Å². The Balaban J connectivity index is 1.47. The van der Waals surface area contributed by atoms with Crippen LogP contribution in [0.4, 0.5) is 0 Å². The van der Waals surface area contributed by atoms with Crippen molar-refractivity contribution in [2.75, 3.05) is 7.11 Å². The molecule has 0 aliphatic carbocycles. The molecule has 176 valence electrons. The zero-order chi connectivity index (χ0) is 24.6. The molecule has 0 aliphatic heterocycles. The van der Waals surface area contributed by atoms with Crippen LogP contribution in [0.2, 0.25) is 5.02 Å². The molecular weight excluding hydrogens is 494 g/mol. The topological polar surface area (TPSA) is 74.3 Å². The van der Waals surface area contributed by atoms with E-state index in [1.165, 1.54) is 15.9 Å². The third kappa shape index (κ3) is 4.06. The molecule has 0 spiro atoms. The lowest BCUT2D eigenvalue weighted by Gasteiger charge is -2.02. The van der Waals surface area contributed by atoms with Crippen molar-refractivity contribution in [3.05, 3.63) is 111 Å². The van der Waals surface area contributed by atoms with Crippen LogP contribution in [0.1, 0.15) is 5.56 Å². The normalized spacial score (nSPS) is 11.9. The number of hydrogen-bond acceptors (Lipinski definition) is 6. The number of thiazole rings is 1. The Morgan fingerprint density at radius 1 is 0.917 bits per heavy atom. The lowest BCUT2D eigenvalue weighted by atomic mass is 10.1. The van der Waals surface area contributed by atoms with Gasteiger partial charge >= 0.3 is 0 Å². The van der Waals surface area contributed by atoms with Crippen LogP contribution in [0.5, 0.6) is 5.75 Å². The molecule has 36 heavy (non-hydrogen) atoms. The molecule has 0 bridgehead atoms. The molecule has 0 amide bonds. The van der Waals surface area contributed by atoms with Crippen molar-refractivity contribution in [1.82, 2.24) is 24.4 Å². The Labute approximate surface area is 214 Å². The van der Waals surface area contributed by atoms with E-state index in [0.29, 0.717) is 20.3 Å². The minimum Gasteiger partial charge on any atom is -0.497 e. The number of benzene rings is 3. The molecule has 0 aliphatic rings. The molecule has 3 aromatic heterocycles. The summed E-state index contributed by atoms with van der Waals surface area (Å²) in [5.41, 5.74) is 3.96. The molecule has 7 nitrogen and oxygen atoms in total. The maximum absolute atomic E-state index is 13.2. The van der Waals surface area contributed by atoms with Gasteiger partial charge in [0.2, 0.25) is 4.96 Å². The van der Waals surface area contributed by atoms with Crippen LogP contribution in [0.15, 0.2) is 89.9 Å². The molecular formula is C27H18ClN5O2S. The molecule has 0 N–H and O–H groups in total. The van der Waals surface area contributed by atoms with E-state index >= 15 is 0 Å². The van der Waals surface area contributed by atoms with Crippen molar-refractivity contribution in [3.8, 4) is 34.1 Å². The highest BCUT2D eigenvalue weighted by atomic mass is 35.5. The Morgan fingerprint density at radius 2 is 1.64 bits per heavy atom. The summed E-state index contributed by atoms with van der Waals surface area (Å²) < 4.78 is 8.97. The van der Waals surface area contributed by atoms with Crippen molar-refractivity contribution in [2.45, 2.75) is 0 Å². The van der Waals surface area contributed by atoms with Gasteiger partial charge in [-0.2, -0.15) is 14.6 Å². The molecule has 0 saturated heterocycles. The molecule has 0 atom stereocenters. The molecule has 6 aromatic rings. The largest absolute Gasteiger partial charge is 0.497 e. The lowest BCUT2D eigenvalue weighted by Crippen LogP contribution is -2.23. The first kappa shape index (κ1) is 22.2. The summed E-state index contributed by atoms with van der Waals surface area (Å²) in [6, 6.07) is 24.7. The second kappa shape index (κ2) is 9.07. The number of fused-ring (bicyclic) bond motifs is 1. The number of methoxy groups -OCH3 is 1. The zero-order valence-corrected chi connectivity index (χ0v) is 20.6. The van der Waals surface area contributed by atoms with Gasteiger partial charge < -0.3 is 4.74 Å². The minimum atomic E-state index is -0.226. The van der Waals surface area contributed by atoms with Gasteiger partial charge in [-0.3, -0.25) is 4.79 Å². The second-order valence-corrected chi connectivity index (χ2v) is 9.44. The molecule has 0 radical (unpaired) electrons. The number of rotatable bonds is 5. The summed E-state index contributed by atoms with van der Waals surface area (Å²) in [7, 11) is 1.63. The fourth-order valence-electron chi connectivity index (χ4n) is 3.88. The SMILES string of the molecule is COc1ccc(-c2nn(-c3ccccc3)cc2/C=c2/sc3nc(-c4ccc(Cl)cc4)nn3c2=O)cc1. The number of aromatic nitrogens is 5. The predicted octanol–water partition coefficient (Wildman–Crippen LogP) is 4.88. The summed E-state index contributed by atoms with van der Waals surface area (Å²) in [5.74, 6) is 1.24. The molecule has 3 aromatic carbocycles. The Bertz CT molecular complexity index is 1790. The Kier molecular flexibility index (Phi) is 5.59. The van der Waals surface area contributed by atoms with E-state index in [0.717, 1.165) is 33.8 Å². The monoisotopic (exact) mass is 511 g/mol. The summed E-state index contributed by atoms with van der Waals surface area (Å²) in [4.78, 5) is 18.3. The number of halogens is 1. The number of hydrogen-bond donors (Lipinski definition) is 0. The molecule has 0 saturated carbocycles. The molecule has 3 heterocycles. The molecule has 0 fully saturated rings. The minimum absolute atomic E-state index is 0.226. The smallest absolute Gasteiger partial charge is 0.291 e. The van der Waals surface area contributed by atoms with Gasteiger partial charge in [-0.05, 0) is 66.7 Å². The average Bonchev–Trinajstić information content (AvgIpc) is 3.60. The molecule has 0 unspecified atom stereocenters. The molecule has 6 rings (SSSR count). The van der Waals surface area contributed by atoms with Crippen LogP contribution >= 0.6 is 22.9 Å². The van der Waals surface area contributed by atoms with Gasteiger partial charge in [0.1, 0.15) is 11.4 Å². The van der Waals surface area contributed by atoms with Gasteiger partial charge in [-0.25, -0.2) is 4.68 Å². The second-order valence-electron chi connectivity index (χ2n) is 7.99. The number of para-hydroxylation sites is 1. The third-order valence-corrected chi connectivity index (χ3v) is 6.91. The zero-order valence-electron chi connectivity index (χ0n) is 19.0. The van der Waals surface area contributed by atoms with Crippen molar-refractivity contribution < 1.29 is 4.74 Å². The van der Waals surface area contributed by atoms with Crippen molar-refractivity contribution in [1.29, 1.82) is 0 Å². The van der Waals surface area contributed by atoms with E-state index in [1.54, 1.807) is 19.2 Å². The predicted molar refractivity (Wildman–Crippen MR) is 142 cm³/mol. The maximum Gasteiger partial charge on any atom is 0.291 e. The summed E-state index contributed by atoms with van der Waals surface area (Å²) in [6.07, 6.45) is 3.76. The van der Waals surface area contributed by atoms with E-state index in [-0.39, 0.29) is 5.56 Å². The van der Waals surface area contributed by atoms with Gasteiger partial charge in [0, 0.05) is 27.9 Å². The first-order valence-electron chi connectivity index (χ1n) is 11.1. The summed E-state index contributed by atoms with van der Waals surface area (Å²) in [6.45, 7) is 0. The number of ether oxygens (including phenoxy) is 1. The van der Waals surface area contributed by atoms with Crippen LogP contribution in [0, 0.1) is 0 Å². The highest BCUT2D eigenvalue weighted by Crippen LogP contribution is 2.26. The summed E-state index contributed by atoms with van der Waals surface area (Å²) >= 11 is 7.27. The van der Waals surface area contributed by atoms with E-state index in [1.807, 2.05) is 83.7 Å². The van der Waals surface area contributed by atoms with Gasteiger partial charge in [-0.15, -0.1) is 5.10 Å². The Morgan fingerprint density at radius 3 is 2.33 bits per heavy atom. The highest BCUT2D eigenvalue weighted by molar-refractivity contribution is 7.15. The third-order valence-electron chi connectivity index (χ3n) is 5.70. The average molecular weight is 512 g/mol. The first-order chi connectivity index (χ1) is 17.6. The van der Waals surface area contributed by atoms with E-state index in [4.69, 9.17) is 21.4 Å². The van der Waals surface area contributed by atoms with Crippen molar-refractivity contribution >= 4 is 34.0 Å². The lowest BCUT2D eigenvalue weighted by molar-refractivity contribution is 0.415. The van der Waals surface area contributed by atoms with Gasteiger partial charge in [0.05, 0.1) is 17.3 Å².